The number of nitrogens with zero attached hydrogens (tertiary/aromatic N) is 5. The number of benzene rings is 3. The van der Waals surface area contributed by atoms with Gasteiger partial charge >= 0.3 is 0 Å². The summed E-state index contributed by atoms with van der Waals surface area (Å²) in [5.41, 5.74) is 3.96. The zero-order chi connectivity index (χ0) is 33.0. The Balaban J connectivity index is 1.17. The summed E-state index contributed by atoms with van der Waals surface area (Å²) in [6, 6.07) is 25.1. The van der Waals surface area contributed by atoms with Gasteiger partial charge < -0.3 is 15.0 Å². The second kappa shape index (κ2) is 11.9. The van der Waals surface area contributed by atoms with Gasteiger partial charge in [-0.25, -0.2) is 4.98 Å². The van der Waals surface area contributed by atoms with E-state index < -0.39 is 17.0 Å². The minimum atomic E-state index is -0.801. The lowest BCUT2D eigenvalue weighted by Crippen LogP contribution is -2.50. The van der Waals surface area contributed by atoms with Crippen molar-refractivity contribution in [2.24, 2.45) is 5.41 Å². The molecule has 2 aromatic heterocycles. The molecule has 8 rings (SSSR count). The van der Waals surface area contributed by atoms with E-state index in [9.17, 15) is 9.59 Å². The van der Waals surface area contributed by atoms with Gasteiger partial charge in [0.1, 0.15) is 17.4 Å². The largest absolute Gasteiger partial charge is 0.451 e. The molecule has 0 radical (unpaired) electrons. The fourth-order valence-electron chi connectivity index (χ4n) is 7.84. The lowest BCUT2D eigenvalue weighted by Gasteiger charge is -2.39. The number of para-hydroxylation sites is 1. The molecule has 48 heavy (non-hydrogen) atoms. The third kappa shape index (κ3) is 5.42. The molecule has 3 aromatic carbocycles. The van der Waals surface area contributed by atoms with Gasteiger partial charge in [-0.05, 0) is 85.7 Å². The summed E-state index contributed by atoms with van der Waals surface area (Å²) >= 11 is 0. The summed E-state index contributed by atoms with van der Waals surface area (Å²) in [6.07, 6.45) is 4.89. The van der Waals surface area contributed by atoms with Crippen molar-refractivity contribution in [2.75, 3.05) is 36.4 Å². The first-order valence-electron chi connectivity index (χ1n) is 16.9. The number of nitrogens with one attached hydrogen (secondary N) is 1. The number of ketones is 1. The van der Waals surface area contributed by atoms with E-state index in [4.69, 9.17) is 9.72 Å². The number of carbonyl (C=O) groups excluding carboxylic acids is 1. The third-order valence-electron chi connectivity index (χ3n) is 10.3. The Labute approximate surface area is 280 Å². The zero-order valence-electron chi connectivity index (χ0n) is 27.6. The molecule has 0 bridgehead atoms. The first-order chi connectivity index (χ1) is 23.2. The molecule has 2 fully saturated rings. The molecular weight excluding hydrogens is 600 g/mol. The van der Waals surface area contributed by atoms with Gasteiger partial charge in [-0.2, -0.15) is 4.98 Å². The normalized spacial score (nSPS) is 20.4. The molecule has 5 aromatic rings. The van der Waals surface area contributed by atoms with Gasteiger partial charge in [0, 0.05) is 54.2 Å². The van der Waals surface area contributed by atoms with Crippen LogP contribution in [0.15, 0.2) is 89.9 Å². The summed E-state index contributed by atoms with van der Waals surface area (Å²) in [4.78, 5) is 43.4. The number of hydrogen-bond donors (Lipinski definition) is 1. The van der Waals surface area contributed by atoms with Crippen LogP contribution >= 0.6 is 0 Å². The summed E-state index contributed by atoms with van der Waals surface area (Å²) in [7, 11) is 0. The van der Waals surface area contributed by atoms with Crippen LogP contribution in [-0.2, 0) is 6.42 Å². The van der Waals surface area contributed by atoms with E-state index in [1.807, 2.05) is 81.4 Å². The highest BCUT2D eigenvalue weighted by Gasteiger charge is 2.44. The monoisotopic (exact) mass is 640 g/mol. The number of anilines is 3. The Hall–Kier alpha value is -5.02. The summed E-state index contributed by atoms with van der Waals surface area (Å²) in [5.74, 6) is 0.933. The summed E-state index contributed by atoms with van der Waals surface area (Å²) in [6.45, 7) is 10.4. The van der Waals surface area contributed by atoms with Crippen LogP contribution in [0.2, 0.25) is 0 Å². The molecule has 1 N–H and O–H groups in total. The topological polar surface area (TPSA) is 92.6 Å². The number of aromatic nitrogens is 3. The van der Waals surface area contributed by atoms with Gasteiger partial charge in [0.15, 0.2) is 11.5 Å². The van der Waals surface area contributed by atoms with E-state index in [2.05, 4.69) is 32.2 Å². The van der Waals surface area contributed by atoms with Crippen molar-refractivity contribution in [1.82, 2.24) is 19.4 Å². The van der Waals surface area contributed by atoms with E-state index in [1.165, 1.54) is 25.1 Å². The first-order valence-corrected chi connectivity index (χ1v) is 16.9. The smallest absolute Gasteiger partial charge is 0.295 e. The first kappa shape index (κ1) is 30.3. The number of carbonyl (C=O) groups is 1. The van der Waals surface area contributed by atoms with E-state index in [0.29, 0.717) is 40.8 Å². The average Bonchev–Trinajstić information content (AvgIpc) is 3.56. The second-order valence-electron chi connectivity index (χ2n) is 14.1. The fourth-order valence-corrected chi connectivity index (χ4v) is 7.84. The lowest BCUT2D eigenvalue weighted by atomic mass is 9.69. The summed E-state index contributed by atoms with van der Waals surface area (Å²) < 4.78 is 7.78. The molecular formula is C39H40N6O3. The minimum absolute atomic E-state index is 0.111. The van der Waals surface area contributed by atoms with Crippen LogP contribution in [0.1, 0.15) is 54.2 Å². The minimum Gasteiger partial charge on any atom is -0.451 e. The number of hydrogen-bond acceptors (Lipinski definition) is 8. The Morgan fingerprint density at radius 3 is 2.54 bits per heavy atom. The van der Waals surface area contributed by atoms with E-state index in [1.54, 1.807) is 16.8 Å². The number of pyridine rings is 1. The highest BCUT2D eigenvalue weighted by Crippen LogP contribution is 2.43. The van der Waals surface area contributed by atoms with Crippen LogP contribution < -0.4 is 20.5 Å². The SMILES string of the molecule is Cc1ccccc1Oc1cc2cnc(Nc3ccc(N4CCN5CCCC5C4)cc3)nc2n(C2C(=O)c3ccccc3CC2(C)C)c1=O. The average molecular weight is 641 g/mol. The maximum absolute atomic E-state index is 14.5. The van der Waals surface area contributed by atoms with Gasteiger partial charge in [-0.1, -0.05) is 56.3 Å². The van der Waals surface area contributed by atoms with Gasteiger partial charge in [0.25, 0.3) is 5.56 Å². The lowest BCUT2D eigenvalue weighted by molar-refractivity contribution is 0.0779. The van der Waals surface area contributed by atoms with Gasteiger partial charge in [-0.3, -0.25) is 19.1 Å². The molecule has 2 atom stereocenters. The van der Waals surface area contributed by atoms with E-state index in [0.717, 1.165) is 36.4 Å². The Morgan fingerprint density at radius 2 is 1.71 bits per heavy atom. The number of rotatable bonds is 6. The zero-order valence-corrected chi connectivity index (χ0v) is 27.6. The van der Waals surface area contributed by atoms with Crippen molar-refractivity contribution in [2.45, 2.75) is 52.1 Å². The molecule has 2 unspecified atom stereocenters. The fraction of sp³-hybridized carbons (Fsp3) is 0.333. The maximum Gasteiger partial charge on any atom is 0.295 e. The molecule has 9 nitrogen and oxygen atoms in total. The summed E-state index contributed by atoms with van der Waals surface area (Å²) in [5, 5.41) is 3.95. The predicted octanol–water partition coefficient (Wildman–Crippen LogP) is 6.93. The van der Waals surface area contributed by atoms with Crippen LogP contribution in [0.4, 0.5) is 17.3 Å². The Bertz CT molecular complexity index is 2090. The standard InChI is InChI=1S/C39H40N6O3/c1-25-9-4-7-13-32(25)48-33-21-27-23-40-38(41-28-14-16-29(17-15-28)44-20-19-43-18-8-11-30(43)24-44)42-36(27)45(37(33)47)35-34(46)31-12-6-5-10-26(31)22-39(35,2)3/h4-7,9-10,12-17,21,23,30,35H,8,11,18-20,22,24H2,1-3H3,(H,40,41,42). The highest BCUT2D eigenvalue weighted by atomic mass is 16.5. The number of piperazine rings is 1. The molecule has 4 heterocycles. The van der Waals surface area contributed by atoms with E-state index in [-0.39, 0.29) is 11.5 Å². The molecule has 0 amide bonds. The number of ether oxygens (including phenoxy) is 1. The van der Waals surface area contributed by atoms with Crippen molar-refractivity contribution in [3.8, 4) is 11.5 Å². The Morgan fingerprint density at radius 1 is 0.917 bits per heavy atom. The third-order valence-corrected chi connectivity index (χ3v) is 10.3. The predicted molar refractivity (Wildman–Crippen MR) is 189 cm³/mol. The highest BCUT2D eigenvalue weighted by molar-refractivity contribution is 6.02. The van der Waals surface area contributed by atoms with Gasteiger partial charge in [0.05, 0.1) is 0 Å². The molecule has 2 saturated heterocycles. The second-order valence-corrected chi connectivity index (χ2v) is 14.1. The van der Waals surface area contributed by atoms with Crippen molar-refractivity contribution in [1.29, 1.82) is 0 Å². The molecule has 1 aliphatic carbocycles. The van der Waals surface area contributed by atoms with Gasteiger partial charge in [0.2, 0.25) is 5.95 Å². The molecule has 9 heteroatoms. The van der Waals surface area contributed by atoms with Crippen LogP contribution in [0.25, 0.3) is 11.0 Å². The Kier molecular flexibility index (Phi) is 7.52. The van der Waals surface area contributed by atoms with Crippen LogP contribution in [-0.4, -0.2) is 57.4 Å². The molecule has 0 spiro atoms. The van der Waals surface area contributed by atoms with Crippen LogP contribution in [0.3, 0.4) is 0 Å². The van der Waals surface area contributed by atoms with E-state index >= 15 is 0 Å². The molecule has 2 aliphatic heterocycles. The number of aryl methyl sites for hydroxylation is 1. The van der Waals surface area contributed by atoms with Crippen molar-refractivity contribution >= 4 is 34.1 Å². The molecule has 244 valence electrons. The molecule has 0 saturated carbocycles. The van der Waals surface area contributed by atoms with Gasteiger partial charge in [-0.15, -0.1) is 0 Å². The molecule has 3 aliphatic rings. The number of fused-ring (bicyclic) bond motifs is 3. The number of Topliss-reactive ketones (excluding diaryl/α,β-unsaturated/α-hetero) is 1. The van der Waals surface area contributed by atoms with Crippen molar-refractivity contribution < 1.29 is 9.53 Å². The quantitative estimate of drug-likeness (QED) is 0.214. The van der Waals surface area contributed by atoms with Crippen LogP contribution in [0, 0.1) is 12.3 Å². The van der Waals surface area contributed by atoms with Crippen molar-refractivity contribution in [3.63, 3.8) is 0 Å². The maximum atomic E-state index is 14.5. The van der Waals surface area contributed by atoms with Crippen LogP contribution in [0.5, 0.6) is 11.5 Å². The van der Waals surface area contributed by atoms with Crippen molar-refractivity contribution in [3.05, 3.63) is 112 Å².